The van der Waals surface area contributed by atoms with Crippen LogP contribution in [0, 0.1) is 0 Å². The van der Waals surface area contributed by atoms with Crippen LogP contribution in [0.2, 0.25) is 0 Å². The third kappa shape index (κ3) is 3.53. The molecule has 3 nitrogen and oxygen atoms in total. The van der Waals surface area contributed by atoms with Gasteiger partial charge in [0, 0.05) is 60.6 Å². The highest BCUT2D eigenvalue weighted by Gasteiger charge is 2.44. The fraction of sp³-hybridized carbons (Fsp3) is 0. The van der Waals surface area contributed by atoms with Crippen molar-refractivity contribution in [2.24, 2.45) is 0 Å². The van der Waals surface area contributed by atoms with E-state index in [9.17, 15) is 0 Å². The van der Waals surface area contributed by atoms with Gasteiger partial charge in [0.2, 0.25) is 0 Å². The summed E-state index contributed by atoms with van der Waals surface area (Å²) in [4.78, 5) is 2.59. The molecule has 248 valence electrons. The van der Waals surface area contributed by atoms with E-state index in [1.807, 2.05) is 0 Å². The molecule has 2 aromatic heterocycles. The SMILES string of the molecule is c1ccc(-n2c3ccccc3c3c4c5c(cc32)N(c2ccc3ccccc3c2)c2c(ccc3ccccc23)B5n2c3ccccc3c3cccc-4c32)cc1. The highest BCUT2D eigenvalue weighted by Crippen LogP contribution is 2.51. The molecule has 4 heteroatoms. The van der Waals surface area contributed by atoms with Crippen molar-refractivity contribution in [2.75, 3.05) is 4.90 Å². The first-order valence-electron chi connectivity index (χ1n) is 18.8. The van der Waals surface area contributed by atoms with Crippen LogP contribution in [0.3, 0.4) is 0 Å². The van der Waals surface area contributed by atoms with Gasteiger partial charge in [-0.3, -0.25) is 0 Å². The molecule has 0 N–H and O–H groups in total. The Morgan fingerprint density at radius 2 is 1.11 bits per heavy atom. The summed E-state index contributed by atoms with van der Waals surface area (Å²) in [5, 5.41) is 10.2. The van der Waals surface area contributed by atoms with Crippen LogP contribution in [0.4, 0.5) is 17.1 Å². The maximum absolute atomic E-state index is 2.67. The Morgan fingerprint density at radius 1 is 0.426 bits per heavy atom. The summed E-state index contributed by atoms with van der Waals surface area (Å²) in [5.74, 6) is 0. The summed E-state index contributed by atoms with van der Waals surface area (Å²) in [6, 6.07) is 67.7. The van der Waals surface area contributed by atoms with E-state index in [0.717, 1.165) is 11.4 Å². The summed E-state index contributed by atoms with van der Waals surface area (Å²) in [6.07, 6.45) is 0. The van der Waals surface area contributed by atoms with Crippen LogP contribution in [0.15, 0.2) is 182 Å². The van der Waals surface area contributed by atoms with E-state index in [2.05, 4.69) is 196 Å². The smallest absolute Gasteiger partial charge is 0.333 e. The fourth-order valence-corrected chi connectivity index (χ4v) is 10.1. The Balaban J connectivity index is 1.30. The maximum Gasteiger partial charge on any atom is 0.333 e. The largest absolute Gasteiger partial charge is 0.375 e. The van der Waals surface area contributed by atoms with E-state index in [4.69, 9.17) is 0 Å². The van der Waals surface area contributed by atoms with Crippen molar-refractivity contribution in [1.29, 1.82) is 0 Å². The molecule has 13 rings (SSSR count). The van der Waals surface area contributed by atoms with E-state index < -0.39 is 0 Å². The lowest BCUT2D eigenvalue weighted by atomic mass is 9.44. The van der Waals surface area contributed by atoms with Crippen molar-refractivity contribution in [1.82, 2.24) is 9.05 Å². The highest BCUT2D eigenvalue weighted by atomic mass is 15.2. The number of benzene rings is 9. The van der Waals surface area contributed by atoms with Crippen LogP contribution in [0.1, 0.15) is 0 Å². The van der Waals surface area contributed by atoms with Gasteiger partial charge < -0.3 is 13.9 Å². The monoisotopic (exact) mass is 683 g/mol. The van der Waals surface area contributed by atoms with Gasteiger partial charge in [0.25, 0.3) is 0 Å². The molecule has 0 atom stereocenters. The normalized spacial score (nSPS) is 13.1. The molecule has 4 heterocycles. The molecule has 0 radical (unpaired) electrons. The van der Waals surface area contributed by atoms with Gasteiger partial charge in [-0.1, -0.05) is 140 Å². The third-order valence-electron chi connectivity index (χ3n) is 12.2. The van der Waals surface area contributed by atoms with Crippen molar-refractivity contribution in [2.45, 2.75) is 0 Å². The molecular formula is C50H30BN3. The van der Waals surface area contributed by atoms with Crippen molar-refractivity contribution in [3.8, 4) is 16.8 Å². The first-order valence-corrected chi connectivity index (χ1v) is 18.8. The van der Waals surface area contributed by atoms with Crippen LogP contribution < -0.4 is 15.8 Å². The molecule has 9 aromatic carbocycles. The van der Waals surface area contributed by atoms with E-state index in [1.54, 1.807) is 0 Å². The number of nitrogens with zero attached hydrogens (tertiary/aromatic N) is 3. The predicted molar refractivity (Wildman–Crippen MR) is 229 cm³/mol. The molecule has 0 fully saturated rings. The molecule has 0 amide bonds. The number of hydrogen-bond donors (Lipinski definition) is 0. The van der Waals surface area contributed by atoms with Gasteiger partial charge in [0.05, 0.1) is 16.7 Å². The topological polar surface area (TPSA) is 13.1 Å². The summed E-state index contributed by atoms with van der Waals surface area (Å²) in [5.41, 5.74) is 15.1. The summed E-state index contributed by atoms with van der Waals surface area (Å²) in [6.45, 7) is -0.0353. The van der Waals surface area contributed by atoms with Gasteiger partial charge in [-0.25, -0.2) is 0 Å². The average molecular weight is 684 g/mol. The lowest BCUT2D eigenvalue weighted by Gasteiger charge is -2.41. The first kappa shape index (κ1) is 28.5. The minimum Gasteiger partial charge on any atom is -0.375 e. The molecule has 0 bridgehead atoms. The third-order valence-corrected chi connectivity index (χ3v) is 12.2. The number of rotatable bonds is 2. The van der Waals surface area contributed by atoms with Crippen LogP contribution in [-0.4, -0.2) is 15.9 Å². The molecule has 0 unspecified atom stereocenters. The number of anilines is 3. The summed E-state index contributed by atoms with van der Waals surface area (Å²) in [7, 11) is 0. The lowest BCUT2D eigenvalue weighted by Crippen LogP contribution is -2.56. The zero-order valence-electron chi connectivity index (χ0n) is 29.2. The second kappa shape index (κ2) is 10.3. The average Bonchev–Trinajstić information content (AvgIpc) is 3.75. The number of fused-ring (bicyclic) bond motifs is 14. The second-order valence-corrected chi connectivity index (χ2v) is 14.8. The predicted octanol–water partition coefficient (Wildman–Crippen LogP) is 11.6. The number of hydrogen-bond acceptors (Lipinski definition) is 1. The molecule has 0 saturated carbocycles. The van der Waals surface area contributed by atoms with E-state index in [-0.39, 0.29) is 6.85 Å². The van der Waals surface area contributed by atoms with E-state index >= 15 is 0 Å². The van der Waals surface area contributed by atoms with Crippen LogP contribution in [0.5, 0.6) is 0 Å². The Kier molecular flexibility index (Phi) is 5.45. The first-order chi connectivity index (χ1) is 26.8. The van der Waals surface area contributed by atoms with Crippen LogP contribution in [-0.2, 0) is 0 Å². The maximum atomic E-state index is 2.67. The second-order valence-electron chi connectivity index (χ2n) is 14.8. The van der Waals surface area contributed by atoms with Gasteiger partial charge in [-0.15, -0.1) is 0 Å². The Bertz CT molecular complexity index is 3410. The summed E-state index contributed by atoms with van der Waals surface area (Å²) < 4.78 is 5.15. The highest BCUT2D eigenvalue weighted by molar-refractivity contribution is 6.90. The van der Waals surface area contributed by atoms with Crippen molar-refractivity contribution < 1.29 is 0 Å². The molecule has 0 saturated heterocycles. The molecule has 2 aliphatic rings. The van der Waals surface area contributed by atoms with Gasteiger partial charge >= 0.3 is 6.85 Å². The number of para-hydroxylation sites is 4. The van der Waals surface area contributed by atoms with Gasteiger partial charge in [0.15, 0.2) is 0 Å². The minimum atomic E-state index is -0.0353. The van der Waals surface area contributed by atoms with Gasteiger partial charge in [-0.2, -0.15) is 0 Å². The Labute approximate surface area is 311 Å². The Hall–Kier alpha value is -7.04. The molecule has 54 heavy (non-hydrogen) atoms. The molecule has 0 spiro atoms. The molecule has 0 aliphatic carbocycles. The zero-order valence-corrected chi connectivity index (χ0v) is 29.2. The minimum absolute atomic E-state index is 0.0353. The van der Waals surface area contributed by atoms with Gasteiger partial charge in [-0.05, 0) is 75.1 Å². The Morgan fingerprint density at radius 3 is 1.98 bits per heavy atom. The summed E-state index contributed by atoms with van der Waals surface area (Å²) >= 11 is 0. The van der Waals surface area contributed by atoms with E-state index in [1.165, 1.54) is 98.6 Å². The zero-order chi connectivity index (χ0) is 35.1. The van der Waals surface area contributed by atoms with E-state index in [0.29, 0.717) is 0 Å². The molecule has 11 aromatic rings. The van der Waals surface area contributed by atoms with Crippen molar-refractivity contribution >= 4 is 100.0 Å². The van der Waals surface area contributed by atoms with Gasteiger partial charge in [0.1, 0.15) is 0 Å². The molecular weight excluding hydrogens is 653 g/mol. The number of aromatic nitrogens is 2. The van der Waals surface area contributed by atoms with Crippen LogP contribution in [0.25, 0.3) is 82.0 Å². The standard InChI is InChI=1S/C50H30BN3/c1-2-16-34(17-3-1)52-42-23-10-9-20-39(42)46-44(52)30-45-48-47(46)40-22-12-21-38-37-19-8-11-24-43(37)54(49(38)40)51(48)41-28-26-32-14-6-7-18-36(32)50(41)53(45)35-27-25-31-13-4-5-15-33(31)29-35/h1-30H. The quantitative estimate of drug-likeness (QED) is 0.165. The van der Waals surface area contributed by atoms with Crippen LogP contribution >= 0.6 is 0 Å². The lowest BCUT2D eigenvalue weighted by molar-refractivity contribution is 1.18. The van der Waals surface area contributed by atoms with Crippen molar-refractivity contribution in [3.05, 3.63) is 182 Å². The van der Waals surface area contributed by atoms with Crippen molar-refractivity contribution in [3.63, 3.8) is 0 Å². The molecule has 2 aliphatic heterocycles. The fourth-order valence-electron chi connectivity index (χ4n) is 10.1.